The maximum Gasteiger partial charge on any atom is 0.407 e. The van der Waals surface area contributed by atoms with E-state index in [1.54, 1.807) is 0 Å². The van der Waals surface area contributed by atoms with Gasteiger partial charge in [-0.25, -0.2) is 4.79 Å². The molecule has 142 valence electrons. The van der Waals surface area contributed by atoms with Crippen LogP contribution in [0.3, 0.4) is 0 Å². The zero-order valence-corrected chi connectivity index (χ0v) is 15.5. The third-order valence-electron chi connectivity index (χ3n) is 5.68. The zero-order valence-electron chi connectivity index (χ0n) is 15.5. The Morgan fingerprint density at radius 2 is 1.89 bits per heavy atom. The van der Waals surface area contributed by atoms with Crippen LogP contribution in [0.25, 0.3) is 11.1 Å². The summed E-state index contributed by atoms with van der Waals surface area (Å²) in [6, 6.07) is 16.2. The summed E-state index contributed by atoms with van der Waals surface area (Å²) >= 11 is 0. The van der Waals surface area contributed by atoms with Gasteiger partial charge in [-0.15, -0.1) is 0 Å². The molecule has 2 fully saturated rings. The third-order valence-corrected chi connectivity index (χ3v) is 5.68. The largest absolute Gasteiger partial charge is 0.494 e. The molecule has 0 unspecified atom stereocenters. The molecule has 0 bridgehead atoms. The van der Waals surface area contributed by atoms with Crippen LogP contribution in [0.1, 0.15) is 19.8 Å². The topological polar surface area (TPSA) is 59.0 Å². The zero-order chi connectivity index (χ0) is 18.8. The van der Waals surface area contributed by atoms with Gasteiger partial charge in [0.05, 0.1) is 6.61 Å². The van der Waals surface area contributed by atoms with Crippen LogP contribution in [0.5, 0.6) is 11.5 Å². The second-order valence-corrected chi connectivity index (χ2v) is 7.33. The van der Waals surface area contributed by atoms with Gasteiger partial charge in [-0.1, -0.05) is 24.3 Å². The molecule has 1 aliphatic carbocycles. The number of hydrogen-bond acceptors (Lipinski definition) is 3. The Morgan fingerprint density at radius 1 is 1.07 bits per heavy atom. The van der Waals surface area contributed by atoms with Gasteiger partial charge in [-0.05, 0) is 61.1 Å². The van der Waals surface area contributed by atoms with E-state index in [0.29, 0.717) is 31.5 Å². The van der Waals surface area contributed by atoms with Crippen molar-refractivity contribution in [2.75, 3.05) is 19.7 Å². The van der Waals surface area contributed by atoms with Gasteiger partial charge in [-0.2, -0.15) is 0 Å². The van der Waals surface area contributed by atoms with E-state index in [0.717, 1.165) is 35.5 Å². The number of carbonyl (C=O) groups is 1. The maximum absolute atomic E-state index is 11.2. The number of fused-ring (bicyclic) bond motifs is 1. The molecular weight excluding hydrogens is 342 g/mol. The Morgan fingerprint density at radius 3 is 2.63 bits per heavy atom. The van der Waals surface area contributed by atoms with Crippen LogP contribution in [0.15, 0.2) is 48.5 Å². The van der Waals surface area contributed by atoms with E-state index in [-0.39, 0.29) is 6.10 Å². The minimum absolute atomic E-state index is 0.0925. The van der Waals surface area contributed by atoms with Crippen molar-refractivity contribution in [2.24, 2.45) is 11.8 Å². The lowest BCUT2D eigenvalue weighted by Gasteiger charge is -2.21. The summed E-state index contributed by atoms with van der Waals surface area (Å²) in [6.07, 6.45) is 1.31. The van der Waals surface area contributed by atoms with Crippen molar-refractivity contribution in [2.45, 2.75) is 25.9 Å². The van der Waals surface area contributed by atoms with Crippen LogP contribution in [-0.2, 0) is 0 Å². The number of amides is 1. The average molecular weight is 367 g/mol. The van der Waals surface area contributed by atoms with Crippen molar-refractivity contribution in [3.8, 4) is 22.6 Å². The van der Waals surface area contributed by atoms with Crippen LogP contribution < -0.4 is 9.47 Å². The highest BCUT2D eigenvalue weighted by molar-refractivity contribution is 5.66. The first kappa shape index (κ1) is 17.7. The minimum Gasteiger partial charge on any atom is -0.494 e. The monoisotopic (exact) mass is 367 g/mol. The molecule has 1 amide bonds. The Hall–Kier alpha value is -2.69. The molecular formula is C22H25NO4. The van der Waals surface area contributed by atoms with Crippen molar-refractivity contribution in [3.05, 3.63) is 48.5 Å². The molecule has 1 saturated heterocycles. The number of ether oxygens (including phenoxy) is 2. The second-order valence-electron chi connectivity index (χ2n) is 7.33. The highest BCUT2D eigenvalue weighted by Gasteiger charge is 2.45. The van der Waals surface area contributed by atoms with Gasteiger partial charge < -0.3 is 19.5 Å². The summed E-state index contributed by atoms with van der Waals surface area (Å²) in [5.41, 5.74) is 2.22. The van der Waals surface area contributed by atoms with E-state index in [9.17, 15) is 9.90 Å². The van der Waals surface area contributed by atoms with Gasteiger partial charge in [-0.3, -0.25) is 0 Å². The predicted molar refractivity (Wildman–Crippen MR) is 103 cm³/mol. The number of likely N-dealkylation sites (tertiary alicyclic amines) is 1. The fourth-order valence-corrected chi connectivity index (χ4v) is 4.35. The van der Waals surface area contributed by atoms with Crippen molar-refractivity contribution < 1.29 is 19.4 Å². The van der Waals surface area contributed by atoms with Gasteiger partial charge in [0.15, 0.2) is 0 Å². The number of benzene rings is 2. The molecule has 3 atom stereocenters. The van der Waals surface area contributed by atoms with Gasteiger partial charge in [0, 0.05) is 19.0 Å². The molecule has 1 heterocycles. The SMILES string of the molecule is CCOc1ccc(-c2cccc(O[C@@H]3CC[C@@H]4CN(C(=O)O)C[C@@H]43)c2)cc1. The van der Waals surface area contributed by atoms with E-state index >= 15 is 0 Å². The van der Waals surface area contributed by atoms with E-state index in [1.165, 1.54) is 4.90 Å². The Labute approximate surface area is 159 Å². The molecule has 2 aromatic rings. The van der Waals surface area contributed by atoms with E-state index in [4.69, 9.17) is 9.47 Å². The summed E-state index contributed by atoms with van der Waals surface area (Å²) < 4.78 is 11.8. The van der Waals surface area contributed by atoms with Crippen molar-refractivity contribution in [3.63, 3.8) is 0 Å². The Balaban J connectivity index is 1.46. The molecule has 2 aromatic carbocycles. The lowest BCUT2D eigenvalue weighted by Crippen LogP contribution is -2.31. The van der Waals surface area contributed by atoms with E-state index in [2.05, 4.69) is 24.3 Å². The summed E-state index contributed by atoms with van der Waals surface area (Å²) in [6.45, 7) is 3.86. The third kappa shape index (κ3) is 3.72. The molecule has 1 aliphatic heterocycles. The standard InChI is InChI=1S/C22H25NO4/c1-2-26-18-9-6-15(7-10-18)16-4-3-5-19(12-16)27-21-11-8-17-13-23(22(24)25)14-20(17)21/h3-7,9-10,12,17,20-21H,2,8,11,13-14H2,1H3,(H,24,25)/t17-,20+,21-/m1/s1. The summed E-state index contributed by atoms with van der Waals surface area (Å²) in [5.74, 6) is 2.45. The fraction of sp³-hybridized carbons (Fsp3) is 0.409. The fourth-order valence-electron chi connectivity index (χ4n) is 4.35. The molecule has 27 heavy (non-hydrogen) atoms. The lowest BCUT2D eigenvalue weighted by molar-refractivity contribution is 0.133. The van der Waals surface area contributed by atoms with Crippen LogP contribution >= 0.6 is 0 Å². The van der Waals surface area contributed by atoms with Crippen LogP contribution in [-0.4, -0.2) is 41.9 Å². The van der Waals surface area contributed by atoms with Gasteiger partial charge in [0.2, 0.25) is 0 Å². The van der Waals surface area contributed by atoms with Crippen LogP contribution in [0, 0.1) is 11.8 Å². The van der Waals surface area contributed by atoms with E-state index in [1.807, 2.05) is 31.2 Å². The molecule has 1 N–H and O–H groups in total. The van der Waals surface area contributed by atoms with E-state index < -0.39 is 6.09 Å². The molecule has 0 aromatic heterocycles. The predicted octanol–water partition coefficient (Wildman–Crippen LogP) is 4.52. The van der Waals surface area contributed by atoms with Crippen LogP contribution in [0.2, 0.25) is 0 Å². The van der Waals surface area contributed by atoms with Gasteiger partial charge in [0.1, 0.15) is 17.6 Å². The first-order chi connectivity index (χ1) is 13.1. The molecule has 5 heteroatoms. The lowest BCUT2D eigenvalue weighted by atomic mass is 9.99. The first-order valence-corrected chi connectivity index (χ1v) is 9.62. The van der Waals surface area contributed by atoms with Gasteiger partial charge >= 0.3 is 6.09 Å². The van der Waals surface area contributed by atoms with Crippen molar-refractivity contribution >= 4 is 6.09 Å². The first-order valence-electron chi connectivity index (χ1n) is 9.62. The number of nitrogens with zero attached hydrogens (tertiary/aromatic N) is 1. The Bertz CT molecular complexity index is 804. The molecule has 2 aliphatic rings. The quantitative estimate of drug-likeness (QED) is 0.844. The average Bonchev–Trinajstić information content (AvgIpc) is 3.25. The minimum atomic E-state index is -0.819. The highest BCUT2D eigenvalue weighted by Crippen LogP contribution is 2.40. The summed E-state index contributed by atoms with van der Waals surface area (Å²) in [7, 11) is 0. The second kappa shape index (κ2) is 7.51. The molecule has 0 spiro atoms. The highest BCUT2D eigenvalue weighted by atomic mass is 16.5. The molecule has 0 radical (unpaired) electrons. The molecule has 5 nitrogen and oxygen atoms in total. The normalized spacial score (nSPS) is 23.9. The Kier molecular flexibility index (Phi) is 4.92. The summed E-state index contributed by atoms with van der Waals surface area (Å²) in [4.78, 5) is 12.8. The molecule has 1 saturated carbocycles. The van der Waals surface area contributed by atoms with Crippen molar-refractivity contribution in [1.29, 1.82) is 0 Å². The van der Waals surface area contributed by atoms with Crippen LogP contribution in [0.4, 0.5) is 4.79 Å². The molecule has 4 rings (SSSR count). The smallest absolute Gasteiger partial charge is 0.407 e. The number of hydrogen-bond donors (Lipinski definition) is 1. The van der Waals surface area contributed by atoms with Gasteiger partial charge in [0.25, 0.3) is 0 Å². The summed E-state index contributed by atoms with van der Waals surface area (Å²) in [5, 5.41) is 9.24. The maximum atomic E-state index is 11.2. The van der Waals surface area contributed by atoms with Crippen molar-refractivity contribution in [1.82, 2.24) is 4.90 Å². The number of carboxylic acid groups (broad SMARTS) is 1. The number of rotatable bonds is 5.